The Labute approximate surface area is 124 Å². The maximum atomic E-state index is 12.7. The molecule has 0 amide bonds. The Hall–Kier alpha value is -1.28. The standard InChI is InChI=1S/C12H12ClF3N2O2S/c1-21(19,20)9-4-2-3-8-11(9)17-10(5-6-13)18(8)7-12(14,15)16/h2-4H,5-7H2,1H3. The number of imidazole rings is 1. The van der Waals surface area contributed by atoms with Crippen LogP contribution in [0.4, 0.5) is 13.2 Å². The van der Waals surface area contributed by atoms with E-state index in [9.17, 15) is 21.6 Å². The van der Waals surface area contributed by atoms with Crippen molar-refractivity contribution < 1.29 is 21.6 Å². The summed E-state index contributed by atoms with van der Waals surface area (Å²) in [5.41, 5.74) is 0.180. The lowest BCUT2D eigenvalue weighted by Crippen LogP contribution is -2.19. The minimum absolute atomic E-state index is 0.0457. The third-order valence-electron chi connectivity index (χ3n) is 2.88. The largest absolute Gasteiger partial charge is 0.406 e. The molecular formula is C12H12ClF3N2O2S. The van der Waals surface area contributed by atoms with Crippen LogP contribution in [0.1, 0.15) is 5.82 Å². The van der Waals surface area contributed by atoms with Gasteiger partial charge in [0, 0.05) is 18.6 Å². The summed E-state index contributed by atoms with van der Waals surface area (Å²) in [6, 6.07) is 4.14. The number of alkyl halides is 4. The minimum Gasteiger partial charge on any atom is -0.319 e. The van der Waals surface area contributed by atoms with Crippen molar-refractivity contribution in [2.75, 3.05) is 12.1 Å². The van der Waals surface area contributed by atoms with E-state index in [1.54, 1.807) is 0 Å². The Bertz CT molecular complexity index is 769. The molecule has 0 aliphatic carbocycles. The molecule has 0 fully saturated rings. The van der Waals surface area contributed by atoms with E-state index < -0.39 is 22.6 Å². The normalized spacial score (nSPS) is 13.0. The molecule has 116 valence electrons. The SMILES string of the molecule is CS(=O)(=O)c1cccc2c1nc(CCCl)n2CC(F)(F)F. The van der Waals surface area contributed by atoms with Gasteiger partial charge in [-0.05, 0) is 12.1 Å². The van der Waals surface area contributed by atoms with Crippen LogP contribution < -0.4 is 0 Å². The number of para-hydroxylation sites is 1. The van der Waals surface area contributed by atoms with Gasteiger partial charge in [0.25, 0.3) is 0 Å². The highest BCUT2D eigenvalue weighted by atomic mass is 35.5. The van der Waals surface area contributed by atoms with Crippen molar-refractivity contribution in [3.05, 3.63) is 24.0 Å². The average Bonchev–Trinajstić information content (AvgIpc) is 2.65. The number of nitrogens with zero attached hydrogens (tertiary/aromatic N) is 2. The Morgan fingerprint density at radius 3 is 2.52 bits per heavy atom. The van der Waals surface area contributed by atoms with Gasteiger partial charge in [0.2, 0.25) is 0 Å². The molecule has 0 aliphatic heterocycles. The first-order valence-corrected chi connectivity index (χ1v) is 8.37. The van der Waals surface area contributed by atoms with Crippen LogP contribution in [0.5, 0.6) is 0 Å². The smallest absolute Gasteiger partial charge is 0.319 e. The highest BCUT2D eigenvalue weighted by Gasteiger charge is 2.31. The van der Waals surface area contributed by atoms with Crippen LogP contribution in [0.3, 0.4) is 0 Å². The number of hydrogen-bond acceptors (Lipinski definition) is 3. The summed E-state index contributed by atoms with van der Waals surface area (Å²) < 4.78 is 62.5. The van der Waals surface area contributed by atoms with Gasteiger partial charge < -0.3 is 4.57 Å². The van der Waals surface area contributed by atoms with Gasteiger partial charge in [0.15, 0.2) is 9.84 Å². The zero-order valence-electron chi connectivity index (χ0n) is 11.0. The first kappa shape index (κ1) is 16.1. The van der Waals surface area contributed by atoms with E-state index in [0.29, 0.717) is 0 Å². The summed E-state index contributed by atoms with van der Waals surface area (Å²) in [7, 11) is -3.58. The van der Waals surface area contributed by atoms with Crippen molar-refractivity contribution in [3.63, 3.8) is 0 Å². The molecule has 21 heavy (non-hydrogen) atoms. The Morgan fingerprint density at radius 1 is 1.33 bits per heavy atom. The van der Waals surface area contributed by atoms with Gasteiger partial charge in [-0.25, -0.2) is 13.4 Å². The van der Waals surface area contributed by atoms with Crippen LogP contribution in [-0.4, -0.2) is 36.3 Å². The van der Waals surface area contributed by atoms with Crippen molar-refractivity contribution in [3.8, 4) is 0 Å². The van der Waals surface area contributed by atoms with Gasteiger partial charge >= 0.3 is 6.18 Å². The fourth-order valence-electron chi connectivity index (χ4n) is 2.10. The highest BCUT2D eigenvalue weighted by Crippen LogP contribution is 2.27. The summed E-state index contributed by atoms with van der Waals surface area (Å²) in [4.78, 5) is 3.97. The third kappa shape index (κ3) is 3.49. The molecule has 2 aromatic rings. The quantitative estimate of drug-likeness (QED) is 0.804. The number of benzene rings is 1. The molecule has 0 atom stereocenters. The lowest BCUT2D eigenvalue weighted by molar-refractivity contribution is -0.140. The summed E-state index contributed by atoms with van der Waals surface area (Å²) in [5.74, 6) is 0.212. The Balaban J connectivity index is 2.74. The molecule has 1 aromatic heterocycles. The van der Waals surface area contributed by atoms with Crippen molar-refractivity contribution in [1.82, 2.24) is 9.55 Å². The van der Waals surface area contributed by atoms with Crippen LogP contribution in [0.2, 0.25) is 0 Å². The lowest BCUT2D eigenvalue weighted by Gasteiger charge is -2.11. The fourth-order valence-corrected chi connectivity index (χ4v) is 3.10. The van der Waals surface area contributed by atoms with Gasteiger partial charge in [-0.2, -0.15) is 13.2 Å². The molecular weight excluding hydrogens is 329 g/mol. The van der Waals surface area contributed by atoms with Gasteiger partial charge in [-0.15, -0.1) is 11.6 Å². The topological polar surface area (TPSA) is 52.0 Å². The minimum atomic E-state index is -4.43. The summed E-state index contributed by atoms with van der Waals surface area (Å²) >= 11 is 5.58. The lowest BCUT2D eigenvalue weighted by atomic mass is 10.3. The van der Waals surface area contributed by atoms with Gasteiger partial charge in [-0.3, -0.25) is 0 Å². The third-order valence-corrected chi connectivity index (χ3v) is 4.19. The molecule has 1 aromatic carbocycles. The number of sulfone groups is 1. The zero-order chi connectivity index (χ0) is 15.8. The molecule has 0 spiro atoms. The van der Waals surface area contributed by atoms with E-state index in [1.165, 1.54) is 18.2 Å². The molecule has 0 unspecified atom stereocenters. The summed E-state index contributed by atoms with van der Waals surface area (Å²) in [6.07, 6.45) is -3.32. The van der Waals surface area contributed by atoms with Crippen molar-refractivity contribution in [2.24, 2.45) is 0 Å². The number of aryl methyl sites for hydroxylation is 1. The molecule has 0 saturated heterocycles. The Kier molecular flexibility index (Phi) is 4.21. The van der Waals surface area contributed by atoms with E-state index in [-0.39, 0.29) is 34.1 Å². The van der Waals surface area contributed by atoms with Crippen LogP contribution in [0.25, 0.3) is 11.0 Å². The van der Waals surface area contributed by atoms with E-state index in [2.05, 4.69) is 4.98 Å². The van der Waals surface area contributed by atoms with Crippen LogP contribution in [0, 0.1) is 0 Å². The molecule has 1 heterocycles. The maximum Gasteiger partial charge on any atom is 0.406 e. The Morgan fingerprint density at radius 2 is 2.00 bits per heavy atom. The molecule has 0 saturated carbocycles. The second-order valence-corrected chi connectivity index (χ2v) is 6.93. The van der Waals surface area contributed by atoms with Crippen molar-refractivity contribution >= 4 is 32.5 Å². The second kappa shape index (κ2) is 5.49. The summed E-state index contributed by atoms with van der Waals surface area (Å²) in [6.45, 7) is -1.23. The number of aromatic nitrogens is 2. The zero-order valence-corrected chi connectivity index (χ0v) is 12.6. The van der Waals surface area contributed by atoms with E-state index in [4.69, 9.17) is 11.6 Å². The van der Waals surface area contributed by atoms with Crippen LogP contribution >= 0.6 is 11.6 Å². The van der Waals surface area contributed by atoms with Gasteiger partial charge in [0.05, 0.1) is 10.4 Å². The molecule has 9 heteroatoms. The number of rotatable bonds is 4. The predicted octanol–water partition coefficient (Wildman–Crippen LogP) is 2.78. The second-order valence-electron chi connectivity index (χ2n) is 4.56. The first-order valence-electron chi connectivity index (χ1n) is 5.94. The van der Waals surface area contributed by atoms with Crippen LogP contribution in [-0.2, 0) is 22.8 Å². The molecule has 4 nitrogen and oxygen atoms in total. The van der Waals surface area contributed by atoms with Crippen molar-refractivity contribution in [1.29, 1.82) is 0 Å². The van der Waals surface area contributed by atoms with Crippen LogP contribution in [0.15, 0.2) is 23.1 Å². The van der Waals surface area contributed by atoms with Gasteiger partial charge in [-0.1, -0.05) is 6.07 Å². The fraction of sp³-hybridized carbons (Fsp3) is 0.417. The van der Waals surface area contributed by atoms with Crippen molar-refractivity contribution in [2.45, 2.75) is 24.0 Å². The first-order chi connectivity index (χ1) is 9.63. The number of halogens is 4. The van der Waals surface area contributed by atoms with E-state index in [1.807, 2.05) is 0 Å². The predicted molar refractivity (Wildman–Crippen MR) is 73.3 cm³/mol. The monoisotopic (exact) mass is 340 g/mol. The molecule has 0 aliphatic rings. The molecule has 2 rings (SSSR count). The summed E-state index contributed by atoms with van der Waals surface area (Å²) in [5, 5.41) is 0. The van der Waals surface area contributed by atoms with E-state index in [0.717, 1.165) is 10.8 Å². The van der Waals surface area contributed by atoms with Gasteiger partial charge in [0.1, 0.15) is 17.9 Å². The molecule has 0 radical (unpaired) electrons. The van der Waals surface area contributed by atoms with E-state index >= 15 is 0 Å². The maximum absolute atomic E-state index is 12.7. The highest BCUT2D eigenvalue weighted by molar-refractivity contribution is 7.91. The number of hydrogen-bond donors (Lipinski definition) is 0. The molecule has 0 N–H and O–H groups in total. The number of fused-ring (bicyclic) bond motifs is 1. The average molecular weight is 341 g/mol. The molecule has 0 bridgehead atoms.